The third-order valence-corrected chi connectivity index (χ3v) is 1.76. The van der Waals surface area contributed by atoms with Crippen LogP contribution in [0.2, 0.25) is 0 Å². The van der Waals surface area contributed by atoms with Gasteiger partial charge in [0.15, 0.2) is 0 Å². The number of imidazole rings is 1. The predicted octanol–water partition coefficient (Wildman–Crippen LogP) is 2.86. The van der Waals surface area contributed by atoms with E-state index in [1.54, 1.807) is 0 Å². The summed E-state index contributed by atoms with van der Waals surface area (Å²) in [5.74, 6) is -0.499. The summed E-state index contributed by atoms with van der Waals surface area (Å²) in [5.41, 5.74) is 0. The van der Waals surface area contributed by atoms with E-state index in [0.717, 1.165) is 6.20 Å². The smallest absolute Gasteiger partial charge is 0.243 e. The monoisotopic (exact) mass is 262 g/mol. The van der Waals surface area contributed by atoms with Crippen molar-refractivity contribution >= 4 is 27.5 Å². The van der Waals surface area contributed by atoms with Gasteiger partial charge in [-0.2, -0.15) is 0 Å². The van der Waals surface area contributed by atoms with Crippen LogP contribution in [0.3, 0.4) is 0 Å². The molecule has 0 radical (unpaired) electrons. The molecule has 0 bridgehead atoms. The molecule has 0 saturated heterocycles. The summed E-state index contributed by atoms with van der Waals surface area (Å²) in [6, 6.07) is 0. The molecule has 1 rings (SSSR count). The quantitative estimate of drug-likeness (QED) is 0.712. The Hall–Kier alpha value is -0.230. The molecule has 0 saturated carbocycles. The van der Waals surface area contributed by atoms with Crippen molar-refractivity contribution < 1.29 is 13.2 Å². The molecule has 0 fully saturated rings. The Bertz CT molecular complexity index is 283. The average molecular weight is 263 g/mol. The van der Waals surface area contributed by atoms with Crippen LogP contribution >= 0.6 is 27.5 Å². The van der Waals surface area contributed by atoms with Gasteiger partial charge in [-0.25, -0.2) is 9.55 Å². The van der Waals surface area contributed by atoms with Gasteiger partial charge in [-0.1, -0.05) is 0 Å². The second-order valence-corrected chi connectivity index (χ2v) is 3.03. The van der Waals surface area contributed by atoms with Crippen LogP contribution in [-0.4, -0.2) is 9.55 Å². The topological polar surface area (TPSA) is 17.8 Å². The van der Waals surface area contributed by atoms with Gasteiger partial charge in [0.2, 0.25) is 0 Å². The highest BCUT2D eigenvalue weighted by atomic mass is 79.9. The molecule has 7 heteroatoms. The summed E-state index contributed by atoms with van der Waals surface area (Å²) >= 11 is 8.07. The van der Waals surface area contributed by atoms with E-state index < -0.39 is 6.30 Å². The zero-order chi connectivity index (χ0) is 9.35. The summed E-state index contributed by atoms with van der Waals surface area (Å²) in [6.07, 6.45) is -3.62. The molecule has 0 aliphatic rings. The van der Waals surface area contributed by atoms with Crippen molar-refractivity contribution in [2.45, 2.75) is 12.2 Å². The summed E-state index contributed by atoms with van der Waals surface area (Å²) in [5, 5.41) is 0. The van der Waals surface area contributed by atoms with Crippen molar-refractivity contribution in [2.75, 3.05) is 0 Å². The molecule has 12 heavy (non-hydrogen) atoms. The number of aromatic nitrogens is 2. The number of rotatable bonds is 1. The van der Waals surface area contributed by atoms with Crippen molar-refractivity contribution in [3.05, 3.63) is 16.6 Å². The first-order chi connectivity index (χ1) is 5.45. The maximum Gasteiger partial charge on any atom is 0.489 e. The lowest BCUT2D eigenvalue weighted by Crippen LogP contribution is -2.17. The van der Waals surface area contributed by atoms with Gasteiger partial charge >= 0.3 is 6.30 Å². The van der Waals surface area contributed by atoms with E-state index in [-0.39, 0.29) is 20.9 Å². The van der Waals surface area contributed by atoms with E-state index in [2.05, 4.69) is 20.9 Å². The number of alkyl halides is 4. The highest BCUT2D eigenvalue weighted by molar-refractivity contribution is 9.10. The Morgan fingerprint density at radius 3 is 2.50 bits per heavy atom. The highest BCUT2D eigenvalue weighted by Gasteiger charge is 2.33. The van der Waals surface area contributed by atoms with Crippen molar-refractivity contribution in [2.24, 2.45) is 0 Å². The SMILES string of the molecule is FC(F)(F)n1cc(Br)nc1CCl. The molecule has 0 unspecified atom stereocenters. The van der Waals surface area contributed by atoms with Crippen LogP contribution in [0.1, 0.15) is 5.82 Å². The van der Waals surface area contributed by atoms with E-state index in [9.17, 15) is 13.2 Å². The van der Waals surface area contributed by atoms with E-state index in [4.69, 9.17) is 11.6 Å². The average Bonchev–Trinajstić information content (AvgIpc) is 2.29. The van der Waals surface area contributed by atoms with Crippen LogP contribution in [0.25, 0.3) is 0 Å². The zero-order valence-corrected chi connectivity index (χ0v) is 7.91. The Morgan fingerprint density at radius 1 is 1.58 bits per heavy atom. The largest absolute Gasteiger partial charge is 0.489 e. The maximum atomic E-state index is 12.1. The zero-order valence-electron chi connectivity index (χ0n) is 5.57. The first kappa shape index (κ1) is 9.85. The molecular weight excluding hydrogens is 260 g/mol. The van der Waals surface area contributed by atoms with Crippen LogP contribution in [0, 0.1) is 0 Å². The fourth-order valence-electron chi connectivity index (χ4n) is 0.701. The van der Waals surface area contributed by atoms with Crippen LogP contribution in [0.15, 0.2) is 10.8 Å². The molecule has 0 aliphatic heterocycles. The number of hydrogen-bond donors (Lipinski definition) is 0. The second-order valence-electron chi connectivity index (χ2n) is 1.95. The lowest BCUT2D eigenvalue weighted by Gasteiger charge is -2.08. The molecule has 0 aliphatic carbocycles. The molecule has 68 valence electrons. The standard InChI is InChI=1S/C5H3BrClF3N2/c6-3-2-12(5(8,9)10)4(1-7)11-3/h2H,1H2. The fraction of sp³-hybridized carbons (Fsp3) is 0.400. The van der Waals surface area contributed by atoms with Gasteiger partial charge < -0.3 is 0 Å². The van der Waals surface area contributed by atoms with Crippen LogP contribution in [-0.2, 0) is 12.2 Å². The van der Waals surface area contributed by atoms with Gasteiger partial charge in [0.25, 0.3) is 0 Å². The minimum atomic E-state index is -4.46. The van der Waals surface area contributed by atoms with E-state index in [1.165, 1.54) is 0 Å². The molecule has 0 spiro atoms. The van der Waals surface area contributed by atoms with Crippen molar-refractivity contribution in [3.63, 3.8) is 0 Å². The third-order valence-electron chi connectivity index (χ3n) is 1.14. The van der Waals surface area contributed by atoms with Gasteiger partial charge in [-0.3, -0.25) is 0 Å². The summed E-state index contributed by atoms with van der Waals surface area (Å²) in [6.45, 7) is 0. The van der Waals surface area contributed by atoms with Crippen LogP contribution < -0.4 is 0 Å². The van der Waals surface area contributed by atoms with Gasteiger partial charge in [0.05, 0.1) is 5.88 Å². The number of hydrogen-bond acceptors (Lipinski definition) is 1. The number of nitrogens with zero attached hydrogens (tertiary/aromatic N) is 2. The Balaban J connectivity index is 3.13. The molecule has 2 nitrogen and oxygen atoms in total. The van der Waals surface area contributed by atoms with Crippen molar-refractivity contribution in [1.29, 1.82) is 0 Å². The fourth-order valence-corrected chi connectivity index (χ4v) is 1.30. The Morgan fingerprint density at radius 2 is 2.17 bits per heavy atom. The predicted molar refractivity (Wildman–Crippen MR) is 40.8 cm³/mol. The van der Waals surface area contributed by atoms with Gasteiger partial charge in [0.1, 0.15) is 10.4 Å². The van der Waals surface area contributed by atoms with Crippen LogP contribution in [0.5, 0.6) is 0 Å². The van der Waals surface area contributed by atoms with E-state index >= 15 is 0 Å². The van der Waals surface area contributed by atoms with Crippen molar-refractivity contribution in [1.82, 2.24) is 9.55 Å². The molecule has 1 aromatic rings. The van der Waals surface area contributed by atoms with E-state index in [0.29, 0.717) is 0 Å². The molecular formula is C5H3BrClF3N2. The molecule has 0 N–H and O–H groups in total. The molecule has 0 atom stereocenters. The minimum Gasteiger partial charge on any atom is -0.243 e. The first-order valence-corrected chi connectivity index (χ1v) is 4.15. The lowest BCUT2D eigenvalue weighted by atomic mass is 10.7. The minimum absolute atomic E-state index is 0.0735. The van der Waals surface area contributed by atoms with Gasteiger partial charge in [0, 0.05) is 6.20 Å². The summed E-state index contributed by atoms with van der Waals surface area (Å²) in [4.78, 5) is 3.52. The summed E-state index contributed by atoms with van der Waals surface area (Å²) in [7, 11) is 0. The van der Waals surface area contributed by atoms with Gasteiger partial charge in [-0.15, -0.1) is 24.8 Å². The molecule has 1 heterocycles. The molecule has 0 aromatic carbocycles. The van der Waals surface area contributed by atoms with Crippen LogP contribution in [0.4, 0.5) is 13.2 Å². The maximum absolute atomic E-state index is 12.1. The molecule has 1 aromatic heterocycles. The third kappa shape index (κ3) is 1.92. The second kappa shape index (κ2) is 3.26. The first-order valence-electron chi connectivity index (χ1n) is 2.82. The van der Waals surface area contributed by atoms with Crippen molar-refractivity contribution in [3.8, 4) is 0 Å². The Labute approximate surface area is 79.5 Å². The number of halogens is 5. The normalized spacial score (nSPS) is 12.1. The van der Waals surface area contributed by atoms with E-state index in [1.807, 2.05) is 0 Å². The Kier molecular flexibility index (Phi) is 2.67. The molecule has 0 amide bonds. The van der Waals surface area contributed by atoms with Gasteiger partial charge in [-0.05, 0) is 15.9 Å². The lowest BCUT2D eigenvalue weighted by molar-refractivity contribution is -0.205. The summed E-state index contributed by atoms with van der Waals surface area (Å²) < 4.78 is 36.5. The highest BCUT2D eigenvalue weighted by Crippen LogP contribution is 2.26.